The number of likely N-dealkylation sites (tertiary alicyclic amines) is 1. The van der Waals surface area contributed by atoms with Crippen molar-refractivity contribution in [3.8, 4) is 5.75 Å². The minimum atomic E-state index is -0.131. The van der Waals surface area contributed by atoms with Gasteiger partial charge in [-0.05, 0) is 50.8 Å². The largest absolute Gasteiger partial charge is 0.483 e. The molecule has 23 heavy (non-hydrogen) atoms. The smallest absolute Gasteiger partial charge is 0.257 e. The summed E-state index contributed by atoms with van der Waals surface area (Å²) in [4.78, 5) is 14.2. The Morgan fingerprint density at radius 3 is 2.61 bits per heavy atom. The van der Waals surface area contributed by atoms with Gasteiger partial charge in [-0.3, -0.25) is 4.79 Å². The predicted molar refractivity (Wildman–Crippen MR) is 90.7 cm³/mol. The highest BCUT2D eigenvalue weighted by atomic mass is 16.5. The monoisotopic (exact) mass is 320 g/mol. The SMILES string of the molecule is Cc1cccc(C)c1OCC(=O)NCCCN1CCC(O)CC1. The van der Waals surface area contributed by atoms with E-state index in [1.54, 1.807) is 0 Å². The maximum Gasteiger partial charge on any atom is 0.257 e. The lowest BCUT2D eigenvalue weighted by atomic mass is 10.1. The normalized spacial score (nSPS) is 16.3. The van der Waals surface area contributed by atoms with Crippen LogP contribution in [0.3, 0.4) is 0 Å². The van der Waals surface area contributed by atoms with Gasteiger partial charge in [0.2, 0.25) is 0 Å². The molecule has 2 N–H and O–H groups in total. The lowest BCUT2D eigenvalue weighted by molar-refractivity contribution is -0.123. The Morgan fingerprint density at radius 1 is 1.30 bits per heavy atom. The van der Waals surface area contributed by atoms with Crippen molar-refractivity contribution in [3.05, 3.63) is 29.3 Å². The Hall–Kier alpha value is -1.59. The van der Waals surface area contributed by atoms with Crippen molar-refractivity contribution in [3.63, 3.8) is 0 Å². The first kappa shape index (κ1) is 17.8. The average molecular weight is 320 g/mol. The van der Waals surface area contributed by atoms with E-state index in [0.29, 0.717) is 6.54 Å². The van der Waals surface area contributed by atoms with Crippen LogP contribution in [0.5, 0.6) is 5.75 Å². The molecule has 0 bridgehead atoms. The second-order valence-corrected chi connectivity index (χ2v) is 6.29. The van der Waals surface area contributed by atoms with Crippen LogP contribution in [0.15, 0.2) is 18.2 Å². The number of nitrogens with one attached hydrogen (secondary N) is 1. The van der Waals surface area contributed by atoms with E-state index in [0.717, 1.165) is 55.8 Å². The van der Waals surface area contributed by atoms with Crippen molar-refractivity contribution in [1.29, 1.82) is 0 Å². The molecule has 2 rings (SSSR count). The molecule has 1 aliphatic heterocycles. The molecule has 1 aliphatic rings. The van der Waals surface area contributed by atoms with Gasteiger partial charge in [-0.25, -0.2) is 0 Å². The van der Waals surface area contributed by atoms with Gasteiger partial charge in [-0.1, -0.05) is 18.2 Å². The van der Waals surface area contributed by atoms with Gasteiger partial charge < -0.3 is 20.1 Å². The molecule has 0 spiro atoms. The number of para-hydroxylation sites is 1. The van der Waals surface area contributed by atoms with Gasteiger partial charge in [-0.2, -0.15) is 0 Å². The summed E-state index contributed by atoms with van der Waals surface area (Å²) in [7, 11) is 0. The van der Waals surface area contributed by atoms with Crippen molar-refractivity contribution in [2.75, 3.05) is 32.8 Å². The van der Waals surface area contributed by atoms with Crippen molar-refractivity contribution in [1.82, 2.24) is 10.2 Å². The Bertz CT molecular complexity index is 491. The van der Waals surface area contributed by atoms with Gasteiger partial charge >= 0.3 is 0 Å². The van der Waals surface area contributed by atoms with Crippen molar-refractivity contribution in [2.45, 2.75) is 39.2 Å². The van der Waals surface area contributed by atoms with Crippen molar-refractivity contribution in [2.24, 2.45) is 0 Å². The molecule has 5 nitrogen and oxygen atoms in total. The number of aliphatic hydroxyl groups is 1. The number of carbonyl (C=O) groups is 1. The quantitative estimate of drug-likeness (QED) is 0.750. The van der Waals surface area contributed by atoms with E-state index in [4.69, 9.17) is 4.74 Å². The van der Waals surface area contributed by atoms with E-state index in [2.05, 4.69) is 10.2 Å². The van der Waals surface area contributed by atoms with E-state index < -0.39 is 0 Å². The molecule has 1 saturated heterocycles. The molecule has 0 aromatic heterocycles. The number of hydrogen-bond acceptors (Lipinski definition) is 4. The van der Waals surface area contributed by atoms with E-state index in [1.165, 1.54) is 0 Å². The first-order chi connectivity index (χ1) is 11.1. The van der Waals surface area contributed by atoms with Crippen LogP contribution in [0.2, 0.25) is 0 Å². The number of carbonyl (C=O) groups excluding carboxylic acids is 1. The van der Waals surface area contributed by atoms with Crippen LogP contribution in [0.1, 0.15) is 30.4 Å². The zero-order valence-corrected chi connectivity index (χ0v) is 14.2. The van der Waals surface area contributed by atoms with E-state index in [1.807, 2.05) is 32.0 Å². The first-order valence-electron chi connectivity index (χ1n) is 8.42. The van der Waals surface area contributed by atoms with Crippen LogP contribution in [-0.2, 0) is 4.79 Å². The van der Waals surface area contributed by atoms with Gasteiger partial charge in [0, 0.05) is 19.6 Å². The summed E-state index contributed by atoms with van der Waals surface area (Å²) in [5.74, 6) is 0.719. The van der Waals surface area contributed by atoms with Gasteiger partial charge in [-0.15, -0.1) is 0 Å². The third kappa shape index (κ3) is 5.84. The summed E-state index contributed by atoms with van der Waals surface area (Å²) < 4.78 is 5.64. The van der Waals surface area contributed by atoms with Crippen LogP contribution < -0.4 is 10.1 Å². The van der Waals surface area contributed by atoms with Crippen LogP contribution >= 0.6 is 0 Å². The molecule has 1 fully saturated rings. The van der Waals surface area contributed by atoms with Gasteiger partial charge in [0.15, 0.2) is 6.61 Å². The number of piperidine rings is 1. The molecule has 1 heterocycles. The Balaban J connectivity index is 1.60. The van der Waals surface area contributed by atoms with Gasteiger partial charge in [0.25, 0.3) is 5.91 Å². The van der Waals surface area contributed by atoms with Crippen LogP contribution in [0.25, 0.3) is 0 Å². The molecular weight excluding hydrogens is 292 g/mol. The lowest BCUT2D eigenvalue weighted by Gasteiger charge is -2.29. The molecule has 5 heteroatoms. The molecule has 128 valence electrons. The minimum Gasteiger partial charge on any atom is -0.483 e. The number of aliphatic hydroxyl groups excluding tert-OH is 1. The third-order valence-corrected chi connectivity index (χ3v) is 4.29. The molecule has 0 aliphatic carbocycles. The fraction of sp³-hybridized carbons (Fsp3) is 0.611. The number of hydrogen-bond donors (Lipinski definition) is 2. The maximum atomic E-state index is 11.9. The number of benzene rings is 1. The summed E-state index contributed by atoms with van der Waals surface area (Å²) in [6.45, 7) is 7.54. The minimum absolute atomic E-state index is 0.0571. The molecular formula is C18H28N2O3. The molecule has 1 aromatic carbocycles. The zero-order chi connectivity index (χ0) is 16.7. The zero-order valence-electron chi connectivity index (χ0n) is 14.2. The fourth-order valence-corrected chi connectivity index (χ4v) is 2.89. The summed E-state index contributed by atoms with van der Waals surface area (Å²) in [5, 5.41) is 12.4. The third-order valence-electron chi connectivity index (χ3n) is 4.29. The average Bonchev–Trinajstić information content (AvgIpc) is 2.53. The number of aryl methyl sites for hydroxylation is 2. The van der Waals surface area contributed by atoms with Crippen LogP contribution in [0.4, 0.5) is 0 Å². The number of ether oxygens (including phenoxy) is 1. The molecule has 1 aromatic rings. The van der Waals surface area contributed by atoms with E-state index >= 15 is 0 Å². The Kier molecular flexibility index (Phi) is 6.86. The molecule has 0 radical (unpaired) electrons. The summed E-state index contributed by atoms with van der Waals surface area (Å²) in [5.41, 5.74) is 2.09. The van der Waals surface area contributed by atoms with Crippen molar-refractivity contribution < 1.29 is 14.6 Å². The summed E-state index contributed by atoms with van der Waals surface area (Å²) in [6, 6.07) is 5.95. The molecule has 0 atom stereocenters. The molecule has 0 unspecified atom stereocenters. The van der Waals surface area contributed by atoms with Gasteiger partial charge in [0.1, 0.15) is 5.75 Å². The standard InChI is InChI=1S/C18H28N2O3/c1-14-5-3-6-15(2)18(14)23-13-17(22)19-9-4-10-20-11-7-16(21)8-12-20/h3,5-6,16,21H,4,7-13H2,1-2H3,(H,19,22). The first-order valence-corrected chi connectivity index (χ1v) is 8.42. The summed E-state index contributed by atoms with van der Waals surface area (Å²) in [6.07, 6.45) is 2.50. The van der Waals surface area contributed by atoms with E-state index in [9.17, 15) is 9.90 Å². The maximum absolute atomic E-state index is 11.9. The summed E-state index contributed by atoms with van der Waals surface area (Å²) >= 11 is 0. The fourth-order valence-electron chi connectivity index (χ4n) is 2.89. The highest BCUT2D eigenvalue weighted by Crippen LogP contribution is 2.21. The van der Waals surface area contributed by atoms with E-state index in [-0.39, 0.29) is 18.6 Å². The number of rotatable bonds is 7. The molecule has 0 saturated carbocycles. The lowest BCUT2D eigenvalue weighted by Crippen LogP contribution is -2.38. The highest BCUT2D eigenvalue weighted by molar-refractivity contribution is 5.77. The Morgan fingerprint density at radius 2 is 1.96 bits per heavy atom. The highest BCUT2D eigenvalue weighted by Gasteiger charge is 2.16. The second-order valence-electron chi connectivity index (χ2n) is 6.29. The second kappa shape index (κ2) is 8.89. The topological polar surface area (TPSA) is 61.8 Å². The van der Waals surface area contributed by atoms with Crippen LogP contribution in [-0.4, -0.2) is 54.8 Å². The predicted octanol–water partition coefficient (Wildman–Crippen LogP) is 1.65. The Labute approximate surface area is 138 Å². The molecule has 1 amide bonds. The van der Waals surface area contributed by atoms with Crippen LogP contribution in [0, 0.1) is 13.8 Å². The van der Waals surface area contributed by atoms with Crippen molar-refractivity contribution >= 4 is 5.91 Å². The number of amides is 1. The van der Waals surface area contributed by atoms with Gasteiger partial charge in [0.05, 0.1) is 6.10 Å². The number of nitrogens with zero attached hydrogens (tertiary/aromatic N) is 1.